The second-order valence-corrected chi connectivity index (χ2v) is 6.21. The van der Waals surface area contributed by atoms with Crippen molar-refractivity contribution >= 4 is 11.2 Å². The lowest BCUT2D eigenvalue weighted by atomic mass is 10.1. The van der Waals surface area contributed by atoms with E-state index in [1.54, 1.807) is 0 Å². The molecular weight excluding hydrogens is 264 g/mol. The number of nitrogens with zero attached hydrogens (tertiary/aromatic N) is 3. The Morgan fingerprint density at radius 2 is 2.38 bits per heavy atom. The molecule has 2 aromatic heterocycles. The molecule has 4 rings (SSSR count). The SMILES string of the molecule is c1cnc2c(c1)nc(CC1CCCN1)n2CC1CCOC1. The van der Waals surface area contributed by atoms with Gasteiger partial charge in [0, 0.05) is 37.7 Å². The lowest BCUT2D eigenvalue weighted by molar-refractivity contribution is 0.182. The first-order valence-corrected chi connectivity index (χ1v) is 8.01. The van der Waals surface area contributed by atoms with Gasteiger partial charge in [-0.3, -0.25) is 0 Å². The molecule has 0 amide bonds. The van der Waals surface area contributed by atoms with E-state index in [0.717, 1.165) is 50.3 Å². The number of fused-ring (bicyclic) bond motifs is 1. The summed E-state index contributed by atoms with van der Waals surface area (Å²) in [6, 6.07) is 4.60. The van der Waals surface area contributed by atoms with Crippen LogP contribution in [0.3, 0.4) is 0 Å². The van der Waals surface area contributed by atoms with E-state index in [2.05, 4.69) is 20.9 Å². The van der Waals surface area contributed by atoms with E-state index in [9.17, 15) is 0 Å². The molecule has 2 aliphatic rings. The number of rotatable bonds is 4. The fourth-order valence-electron chi connectivity index (χ4n) is 3.49. The van der Waals surface area contributed by atoms with Crippen LogP contribution in [0.1, 0.15) is 25.1 Å². The van der Waals surface area contributed by atoms with Crippen molar-refractivity contribution in [3.05, 3.63) is 24.2 Å². The molecule has 112 valence electrons. The van der Waals surface area contributed by atoms with Gasteiger partial charge in [-0.1, -0.05) is 0 Å². The molecule has 21 heavy (non-hydrogen) atoms. The third-order valence-corrected chi connectivity index (χ3v) is 4.64. The fourth-order valence-corrected chi connectivity index (χ4v) is 3.49. The van der Waals surface area contributed by atoms with E-state index < -0.39 is 0 Å². The molecule has 2 aromatic rings. The average Bonchev–Trinajstić information content (AvgIpc) is 3.23. The molecule has 0 saturated carbocycles. The fraction of sp³-hybridized carbons (Fsp3) is 0.625. The molecule has 0 radical (unpaired) electrons. The van der Waals surface area contributed by atoms with Crippen molar-refractivity contribution in [3.63, 3.8) is 0 Å². The van der Waals surface area contributed by atoms with Crippen LogP contribution in [0.5, 0.6) is 0 Å². The number of imidazole rings is 1. The Balaban J connectivity index is 1.65. The highest BCUT2D eigenvalue weighted by Gasteiger charge is 2.23. The Labute approximate surface area is 124 Å². The molecule has 5 nitrogen and oxygen atoms in total. The van der Waals surface area contributed by atoms with E-state index in [0.29, 0.717) is 12.0 Å². The van der Waals surface area contributed by atoms with Crippen molar-refractivity contribution in [1.82, 2.24) is 19.9 Å². The summed E-state index contributed by atoms with van der Waals surface area (Å²) in [5.74, 6) is 1.77. The minimum Gasteiger partial charge on any atom is -0.381 e. The van der Waals surface area contributed by atoms with Crippen molar-refractivity contribution in [2.75, 3.05) is 19.8 Å². The number of hydrogen-bond acceptors (Lipinski definition) is 4. The molecule has 2 fully saturated rings. The molecule has 2 atom stereocenters. The van der Waals surface area contributed by atoms with Crippen LogP contribution in [0.4, 0.5) is 0 Å². The van der Waals surface area contributed by atoms with Gasteiger partial charge in [-0.15, -0.1) is 0 Å². The van der Waals surface area contributed by atoms with Gasteiger partial charge in [-0.25, -0.2) is 9.97 Å². The number of aromatic nitrogens is 3. The lowest BCUT2D eigenvalue weighted by Gasteiger charge is -2.15. The first kappa shape index (κ1) is 13.2. The zero-order valence-electron chi connectivity index (χ0n) is 12.3. The van der Waals surface area contributed by atoms with Crippen molar-refractivity contribution in [3.8, 4) is 0 Å². The van der Waals surface area contributed by atoms with Crippen molar-refractivity contribution in [2.45, 2.75) is 38.3 Å². The highest BCUT2D eigenvalue weighted by molar-refractivity contribution is 5.71. The van der Waals surface area contributed by atoms with E-state index in [1.165, 1.54) is 18.7 Å². The maximum Gasteiger partial charge on any atom is 0.159 e. The highest BCUT2D eigenvalue weighted by atomic mass is 16.5. The van der Waals surface area contributed by atoms with Crippen molar-refractivity contribution < 1.29 is 4.74 Å². The third kappa shape index (κ3) is 2.68. The molecule has 1 N–H and O–H groups in total. The summed E-state index contributed by atoms with van der Waals surface area (Å²) in [4.78, 5) is 9.40. The van der Waals surface area contributed by atoms with Gasteiger partial charge in [-0.2, -0.15) is 0 Å². The molecule has 0 aliphatic carbocycles. The summed E-state index contributed by atoms with van der Waals surface area (Å²) in [7, 11) is 0. The average molecular weight is 286 g/mol. The van der Waals surface area contributed by atoms with Crippen molar-refractivity contribution in [2.24, 2.45) is 5.92 Å². The number of nitrogens with one attached hydrogen (secondary N) is 1. The van der Waals surface area contributed by atoms with Gasteiger partial charge in [0.15, 0.2) is 5.65 Å². The second kappa shape index (κ2) is 5.73. The van der Waals surface area contributed by atoms with E-state index in [1.807, 2.05) is 12.3 Å². The van der Waals surface area contributed by atoms with Crippen molar-refractivity contribution in [1.29, 1.82) is 0 Å². The van der Waals surface area contributed by atoms with Crippen LogP contribution in [-0.4, -0.2) is 40.3 Å². The van der Waals surface area contributed by atoms with Gasteiger partial charge in [-0.05, 0) is 37.9 Å². The van der Waals surface area contributed by atoms with Crippen LogP contribution in [-0.2, 0) is 17.7 Å². The summed E-state index contributed by atoms with van der Waals surface area (Å²) in [6.45, 7) is 3.88. The zero-order valence-corrected chi connectivity index (χ0v) is 12.3. The number of hydrogen-bond donors (Lipinski definition) is 1. The van der Waals surface area contributed by atoms with Gasteiger partial charge < -0.3 is 14.6 Å². The monoisotopic (exact) mass is 286 g/mol. The van der Waals surface area contributed by atoms with Crippen LogP contribution in [0, 0.1) is 5.92 Å². The van der Waals surface area contributed by atoms with Crippen LogP contribution in [0.2, 0.25) is 0 Å². The first-order valence-electron chi connectivity index (χ1n) is 8.01. The minimum atomic E-state index is 0.570. The Kier molecular flexibility index (Phi) is 3.61. The van der Waals surface area contributed by atoms with Crippen LogP contribution >= 0.6 is 0 Å². The standard InChI is InChI=1S/C16H22N4O/c1-3-13(17-6-1)9-15-19-14-4-2-7-18-16(14)20(15)10-12-5-8-21-11-12/h2,4,7,12-13,17H,1,3,5-6,8-11H2. The molecule has 4 heterocycles. The van der Waals surface area contributed by atoms with Crippen LogP contribution < -0.4 is 5.32 Å². The Bertz CT molecular complexity index is 612. The second-order valence-electron chi connectivity index (χ2n) is 6.21. The Morgan fingerprint density at radius 3 is 3.19 bits per heavy atom. The lowest BCUT2D eigenvalue weighted by Crippen LogP contribution is -2.26. The number of pyridine rings is 1. The van der Waals surface area contributed by atoms with Gasteiger partial charge in [0.2, 0.25) is 0 Å². The maximum atomic E-state index is 5.52. The smallest absolute Gasteiger partial charge is 0.159 e. The van der Waals surface area contributed by atoms with Gasteiger partial charge in [0.25, 0.3) is 0 Å². The predicted molar refractivity (Wildman–Crippen MR) is 81.2 cm³/mol. The normalized spacial score (nSPS) is 25.9. The van der Waals surface area contributed by atoms with E-state index in [4.69, 9.17) is 9.72 Å². The molecule has 0 spiro atoms. The predicted octanol–water partition coefficient (Wildman–Crippen LogP) is 1.76. The Morgan fingerprint density at radius 1 is 1.38 bits per heavy atom. The largest absolute Gasteiger partial charge is 0.381 e. The maximum absolute atomic E-state index is 5.52. The highest BCUT2D eigenvalue weighted by Crippen LogP contribution is 2.22. The Hall–Kier alpha value is -1.46. The molecule has 2 saturated heterocycles. The summed E-state index contributed by atoms with van der Waals surface area (Å²) in [6.07, 6.45) is 6.55. The topological polar surface area (TPSA) is 52.0 Å². The summed E-state index contributed by atoms with van der Waals surface area (Å²) < 4.78 is 7.85. The van der Waals surface area contributed by atoms with Crippen LogP contribution in [0.25, 0.3) is 11.2 Å². The molecule has 2 unspecified atom stereocenters. The third-order valence-electron chi connectivity index (χ3n) is 4.64. The van der Waals surface area contributed by atoms with Gasteiger partial charge in [0.1, 0.15) is 11.3 Å². The summed E-state index contributed by atoms with van der Waals surface area (Å²) >= 11 is 0. The first-order chi connectivity index (χ1) is 10.4. The molecular formula is C16H22N4O. The van der Waals surface area contributed by atoms with E-state index >= 15 is 0 Å². The zero-order chi connectivity index (χ0) is 14.1. The van der Waals surface area contributed by atoms with E-state index in [-0.39, 0.29) is 0 Å². The number of ether oxygens (including phenoxy) is 1. The molecule has 0 bridgehead atoms. The van der Waals surface area contributed by atoms with Gasteiger partial charge in [0.05, 0.1) is 6.61 Å². The van der Waals surface area contributed by atoms with Crippen LogP contribution in [0.15, 0.2) is 18.3 Å². The molecule has 2 aliphatic heterocycles. The summed E-state index contributed by atoms with van der Waals surface area (Å²) in [5.41, 5.74) is 2.04. The minimum absolute atomic E-state index is 0.570. The van der Waals surface area contributed by atoms with Gasteiger partial charge >= 0.3 is 0 Å². The molecule has 5 heteroatoms. The summed E-state index contributed by atoms with van der Waals surface area (Å²) in [5, 5.41) is 3.57. The quantitative estimate of drug-likeness (QED) is 0.930. The molecule has 0 aromatic carbocycles.